The number of hydrogen-bond acceptors (Lipinski definition) is 4. The van der Waals surface area contributed by atoms with Gasteiger partial charge >= 0.3 is 0 Å². The fourth-order valence-electron chi connectivity index (χ4n) is 2.64. The fraction of sp³-hybridized carbons (Fsp3) is 0.0556. The molecule has 1 amide bonds. The van der Waals surface area contributed by atoms with E-state index in [1.54, 1.807) is 11.6 Å². The number of fused-ring (bicyclic) bond motifs is 1. The number of anilines is 1. The number of benzene rings is 2. The lowest BCUT2D eigenvalue weighted by atomic mass is 10.2. The highest BCUT2D eigenvalue weighted by Crippen LogP contribution is 2.29. The summed E-state index contributed by atoms with van der Waals surface area (Å²) in [5.74, 6) is -1.86. The van der Waals surface area contributed by atoms with Crippen molar-refractivity contribution in [1.29, 1.82) is 0 Å². The number of para-hydroxylation sites is 1. The Bertz CT molecular complexity index is 1120. The molecule has 0 unspecified atom stereocenters. The Morgan fingerprint density at radius 3 is 2.73 bits per heavy atom. The summed E-state index contributed by atoms with van der Waals surface area (Å²) >= 11 is 1.01. The van der Waals surface area contributed by atoms with Gasteiger partial charge in [0.1, 0.15) is 11.3 Å². The molecule has 0 atom stereocenters. The minimum Gasteiger partial charge on any atom is -0.298 e. The molecule has 1 N–H and O–H groups in total. The van der Waals surface area contributed by atoms with E-state index >= 15 is 0 Å². The SMILES string of the molecule is Cc1c(C(=O)Nc2nc3c(F)cc(F)cc3s2)cnn1-c1ccccc1. The van der Waals surface area contributed by atoms with Gasteiger partial charge in [-0.05, 0) is 25.1 Å². The van der Waals surface area contributed by atoms with Gasteiger partial charge in [-0.15, -0.1) is 0 Å². The third kappa shape index (κ3) is 2.84. The summed E-state index contributed by atoms with van der Waals surface area (Å²) in [6.45, 7) is 1.78. The van der Waals surface area contributed by atoms with E-state index in [-0.39, 0.29) is 10.6 Å². The van der Waals surface area contributed by atoms with Crippen LogP contribution in [0.3, 0.4) is 0 Å². The normalized spacial score (nSPS) is 11.0. The van der Waals surface area contributed by atoms with E-state index in [2.05, 4.69) is 15.4 Å². The van der Waals surface area contributed by atoms with Crippen LogP contribution in [0.4, 0.5) is 13.9 Å². The number of rotatable bonds is 3. The van der Waals surface area contributed by atoms with E-state index < -0.39 is 17.5 Å². The number of amides is 1. The summed E-state index contributed by atoms with van der Waals surface area (Å²) in [6.07, 6.45) is 1.46. The lowest BCUT2D eigenvalue weighted by molar-refractivity contribution is 0.102. The first-order valence-electron chi connectivity index (χ1n) is 7.70. The number of aromatic nitrogens is 3. The van der Waals surface area contributed by atoms with E-state index in [9.17, 15) is 13.6 Å². The minimum atomic E-state index is -0.759. The first-order chi connectivity index (χ1) is 12.5. The number of carbonyl (C=O) groups excluding carboxylic acids is 1. The van der Waals surface area contributed by atoms with Crippen LogP contribution in [0.1, 0.15) is 16.1 Å². The van der Waals surface area contributed by atoms with Crippen molar-refractivity contribution in [1.82, 2.24) is 14.8 Å². The molecule has 0 saturated carbocycles. The van der Waals surface area contributed by atoms with Crippen LogP contribution < -0.4 is 5.32 Å². The Balaban J connectivity index is 1.63. The molecule has 0 spiro atoms. The fourth-order valence-corrected chi connectivity index (χ4v) is 3.54. The molecular weight excluding hydrogens is 358 g/mol. The van der Waals surface area contributed by atoms with Gasteiger partial charge in [0, 0.05) is 6.07 Å². The van der Waals surface area contributed by atoms with Crippen LogP contribution >= 0.6 is 11.3 Å². The number of hydrogen-bond donors (Lipinski definition) is 1. The van der Waals surface area contributed by atoms with Gasteiger partial charge in [-0.3, -0.25) is 10.1 Å². The van der Waals surface area contributed by atoms with Crippen molar-refractivity contribution >= 4 is 32.6 Å². The largest absolute Gasteiger partial charge is 0.298 e. The molecule has 4 aromatic rings. The molecule has 5 nitrogen and oxygen atoms in total. The van der Waals surface area contributed by atoms with Crippen LogP contribution in [0.25, 0.3) is 15.9 Å². The number of halogens is 2. The molecule has 8 heteroatoms. The van der Waals surface area contributed by atoms with E-state index in [0.717, 1.165) is 23.1 Å². The predicted octanol–water partition coefficient (Wildman–Crippen LogP) is 4.32. The second-order valence-corrected chi connectivity index (χ2v) is 6.63. The van der Waals surface area contributed by atoms with E-state index in [1.807, 2.05) is 30.3 Å². The van der Waals surface area contributed by atoms with E-state index in [4.69, 9.17) is 0 Å². The molecule has 0 aliphatic heterocycles. The molecule has 0 radical (unpaired) electrons. The van der Waals surface area contributed by atoms with Crippen LogP contribution in [0.15, 0.2) is 48.7 Å². The number of thiazole rings is 1. The molecule has 4 rings (SSSR count). The third-order valence-corrected chi connectivity index (χ3v) is 4.81. The number of nitrogens with one attached hydrogen (secondary N) is 1. The zero-order chi connectivity index (χ0) is 18.3. The van der Waals surface area contributed by atoms with Gasteiger partial charge in [0.2, 0.25) is 0 Å². The Labute approximate surface area is 150 Å². The quantitative estimate of drug-likeness (QED) is 0.584. The smallest absolute Gasteiger partial charge is 0.260 e. The molecule has 0 aliphatic rings. The van der Waals surface area contributed by atoms with E-state index in [0.29, 0.717) is 16.0 Å². The summed E-state index contributed by atoms with van der Waals surface area (Å²) in [5.41, 5.74) is 1.90. The second-order valence-electron chi connectivity index (χ2n) is 5.60. The molecule has 0 bridgehead atoms. The van der Waals surface area contributed by atoms with Gasteiger partial charge in [0.05, 0.1) is 27.8 Å². The van der Waals surface area contributed by atoms with Crippen molar-refractivity contribution in [2.24, 2.45) is 0 Å². The van der Waals surface area contributed by atoms with Gasteiger partial charge < -0.3 is 0 Å². The first-order valence-corrected chi connectivity index (χ1v) is 8.51. The number of nitrogens with zero attached hydrogens (tertiary/aromatic N) is 3. The maximum atomic E-state index is 13.8. The highest BCUT2D eigenvalue weighted by atomic mass is 32.1. The second kappa shape index (κ2) is 6.30. The molecule has 0 saturated heterocycles. The first kappa shape index (κ1) is 16.3. The molecule has 2 aromatic heterocycles. The van der Waals surface area contributed by atoms with Crippen LogP contribution in [0.2, 0.25) is 0 Å². The van der Waals surface area contributed by atoms with Gasteiger partial charge in [-0.2, -0.15) is 5.10 Å². The summed E-state index contributed by atoms with van der Waals surface area (Å²) < 4.78 is 29.0. The zero-order valence-corrected chi connectivity index (χ0v) is 14.3. The molecular formula is C18H12F2N4OS. The molecule has 0 fully saturated rings. The predicted molar refractivity (Wildman–Crippen MR) is 95.8 cm³/mol. The Morgan fingerprint density at radius 2 is 1.96 bits per heavy atom. The average Bonchev–Trinajstić information content (AvgIpc) is 3.19. The van der Waals surface area contributed by atoms with Gasteiger partial charge in [-0.25, -0.2) is 18.4 Å². The van der Waals surface area contributed by atoms with Gasteiger partial charge in [0.15, 0.2) is 10.9 Å². The van der Waals surface area contributed by atoms with Crippen molar-refractivity contribution < 1.29 is 13.6 Å². The van der Waals surface area contributed by atoms with Crippen molar-refractivity contribution in [2.75, 3.05) is 5.32 Å². The van der Waals surface area contributed by atoms with Crippen LogP contribution in [-0.2, 0) is 0 Å². The molecule has 2 heterocycles. The lowest BCUT2D eigenvalue weighted by Crippen LogP contribution is -2.13. The summed E-state index contributed by atoms with van der Waals surface area (Å²) in [5, 5.41) is 7.07. The molecule has 2 aromatic carbocycles. The van der Waals surface area contributed by atoms with E-state index in [1.165, 1.54) is 12.3 Å². The minimum absolute atomic E-state index is 0.0309. The topological polar surface area (TPSA) is 59.8 Å². The van der Waals surface area contributed by atoms with Crippen molar-refractivity contribution in [3.8, 4) is 5.69 Å². The number of carbonyl (C=O) groups is 1. The average molecular weight is 370 g/mol. The van der Waals surface area contributed by atoms with Gasteiger partial charge in [-0.1, -0.05) is 29.5 Å². The monoisotopic (exact) mass is 370 g/mol. The summed E-state index contributed by atoms with van der Waals surface area (Å²) in [4.78, 5) is 16.6. The van der Waals surface area contributed by atoms with Crippen LogP contribution in [0.5, 0.6) is 0 Å². The van der Waals surface area contributed by atoms with Gasteiger partial charge in [0.25, 0.3) is 5.91 Å². The maximum Gasteiger partial charge on any atom is 0.260 e. The van der Waals surface area contributed by atoms with Crippen LogP contribution in [0, 0.1) is 18.6 Å². The highest BCUT2D eigenvalue weighted by molar-refractivity contribution is 7.22. The zero-order valence-electron chi connectivity index (χ0n) is 13.5. The molecule has 0 aliphatic carbocycles. The Morgan fingerprint density at radius 1 is 1.19 bits per heavy atom. The standard InChI is InChI=1S/C18H12F2N4OS/c1-10-13(9-21-24(10)12-5-3-2-4-6-12)17(25)23-18-22-16-14(20)7-11(19)8-15(16)26-18/h2-9H,1H3,(H,22,23,25). The highest BCUT2D eigenvalue weighted by Gasteiger charge is 2.18. The Kier molecular flexibility index (Phi) is 3.96. The van der Waals surface area contributed by atoms with Crippen molar-refractivity contribution in [3.05, 3.63) is 71.6 Å². The lowest BCUT2D eigenvalue weighted by Gasteiger charge is -2.05. The van der Waals surface area contributed by atoms with Crippen molar-refractivity contribution in [2.45, 2.75) is 6.92 Å². The van der Waals surface area contributed by atoms with Crippen LogP contribution in [-0.4, -0.2) is 20.7 Å². The Hall–Kier alpha value is -3.13. The van der Waals surface area contributed by atoms with Crippen molar-refractivity contribution in [3.63, 3.8) is 0 Å². The molecule has 26 heavy (non-hydrogen) atoms. The summed E-state index contributed by atoms with van der Waals surface area (Å²) in [6, 6.07) is 11.4. The molecule has 130 valence electrons. The third-order valence-electron chi connectivity index (χ3n) is 3.89. The maximum absolute atomic E-state index is 13.8. The summed E-state index contributed by atoms with van der Waals surface area (Å²) in [7, 11) is 0.